The topological polar surface area (TPSA) is 42.4 Å². The van der Waals surface area contributed by atoms with E-state index in [1.807, 2.05) is 30.3 Å². The van der Waals surface area contributed by atoms with E-state index in [0.717, 1.165) is 5.56 Å². The third-order valence-electron chi connectivity index (χ3n) is 3.40. The first-order valence-corrected chi connectivity index (χ1v) is 7.11. The smallest absolute Gasteiger partial charge is 0.266 e. The molecule has 0 spiro atoms. The van der Waals surface area contributed by atoms with Crippen LogP contribution in [0.3, 0.4) is 0 Å². The first-order valence-electron chi connectivity index (χ1n) is 6.70. The lowest BCUT2D eigenvalue weighted by atomic mass is 10.1. The highest BCUT2D eigenvalue weighted by Crippen LogP contribution is 2.20. The molecule has 1 aromatic heterocycles. The van der Waals surface area contributed by atoms with Crippen molar-refractivity contribution in [3.8, 4) is 0 Å². The minimum absolute atomic E-state index is 0.0763. The third kappa shape index (κ3) is 2.92. The summed E-state index contributed by atoms with van der Waals surface area (Å²) in [4.78, 5) is 18.1. The van der Waals surface area contributed by atoms with E-state index >= 15 is 0 Å². The zero-order chi connectivity index (χ0) is 14.7. The van der Waals surface area contributed by atoms with Crippen LogP contribution >= 0.6 is 12.2 Å². The van der Waals surface area contributed by atoms with Crippen molar-refractivity contribution in [1.29, 1.82) is 0 Å². The molecule has 1 amide bonds. The average molecular weight is 298 g/mol. The molecule has 1 fully saturated rings. The second kappa shape index (κ2) is 6.01. The van der Waals surface area contributed by atoms with E-state index < -0.39 is 0 Å². The summed E-state index contributed by atoms with van der Waals surface area (Å²) in [6.45, 7) is 0.430. The molecule has 21 heavy (non-hydrogen) atoms. The molecule has 0 aliphatic carbocycles. The number of rotatable bonds is 3. The predicted octanol–water partition coefficient (Wildman–Crippen LogP) is 2.45. The number of aromatic nitrogens is 1. The summed E-state index contributed by atoms with van der Waals surface area (Å²) in [6, 6.07) is 13.4. The number of ether oxygens (including phenoxy) is 1. The standard InChI is InChI=1S/C16H14N2O2S/c19-15(13-7-4-8-17-10-13)18-14(11-20-16(18)21)9-12-5-2-1-3-6-12/h1-8,10,14H,9,11H2/t14-/m0/s1. The molecule has 2 aromatic rings. The number of hydrogen-bond acceptors (Lipinski definition) is 4. The van der Waals surface area contributed by atoms with Gasteiger partial charge in [0.15, 0.2) is 0 Å². The lowest BCUT2D eigenvalue weighted by Crippen LogP contribution is -2.40. The largest absolute Gasteiger partial charge is 0.468 e. The van der Waals surface area contributed by atoms with E-state index in [4.69, 9.17) is 17.0 Å². The molecule has 4 nitrogen and oxygen atoms in total. The van der Waals surface area contributed by atoms with Gasteiger partial charge in [0.1, 0.15) is 6.61 Å². The van der Waals surface area contributed by atoms with Crippen molar-refractivity contribution < 1.29 is 9.53 Å². The lowest BCUT2D eigenvalue weighted by Gasteiger charge is -2.21. The van der Waals surface area contributed by atoms with Gasteiger partial charge in [0.25, 0.3) is 11.1 Å². The van der Waals surface area contributed by atoms with Crippen molar-refractivity contribution in [2.75, 3.05) is 6.61 Å². The second-order valence-corrected chi connectivity index (χ2v) is 5.19. The first kappa shape index (κ1) is 13.7. The number of amides is 1. The Labute approximate surface area is 128 Å². The van der Waals surface area contributed by atoms with Crippen LogP contribution in [0.15, 0.2) is 54.9 Å². The number of benzene rings is 1. The Bertz CT molecular complexity index is 646. The number of carbonyl (C=O) groups excluding carboxylic acids is 1. The van der Waals surface area contributed by atoms with Crippen molar-refractivity contribution in [3.05, 3.63) is 66.0 Å². The Balaban J connectivity index is 1.81. The van der Waals surface area contributed by atoms with E-state index in [9.17, 15) is 4.79 Å². The molecular formula is C16H14N2O2S. The zero-order valence-corrected chi connectivity index (χ0v) is 12.1. The number of pyridine rings is 1. The molecule has 1 aromatic carbocycles. The summed E-state index contributed by atoms with van der Waals surface area (Å²) in [5.41, 5.74) is 1.67. The van der Waals surface area contributed by atoms with E-state index in [1.165, 1.54) is 0 Å². The number of thiocarbonyl (C=S) groups is 1. The van der Waals surface area contributed by atoms with Gasteiger partial charge < -0.3 is 4.74 Å². The van der Waals surface area contributed by atoms with Crippen molar-refractivity contribution in [2.45, 2.75) is 12.5 Å². The molecule has 0 N–H and O–H groups in total. The summed E-state index contributed by atoms with van der Waals surface area (Å²) < 4.78 is 5.41. The monoisotopic (exact) mass is 298 g/mol. The first-order chi connectivity index (χ1) is 10.3. The molecular weight excluding hydrogens is 284 g/mol. The maximum absolute atomic E-state index is 12.6. The van der Waals surface area contributed by atoms with Crippen molar-refractivity contribution in [2.24, 2.45) is 0 Å². The summed E-state index contributed by atoms with van der Waals surface area (Å²) in [5.74, 6) is -0.161. The van der Waals surface area contributed by atoms with Crippen LogP contribution in [-0.4, -0.2) is 33.6 Å². The maximum atomic E-state index is 12.6. The highest BCUT2D eigenvalue weighted by Gasteiger charge is 2.35. The van der Waals surface area contributed by atoms with Crippen LogP contribution in [0.2, 0.25) is 0 Å². The summed E-state index contributed by atoms with van der Waals surface area (Å²) in [6.07, 6.45) is 3.90. The Morgan fingerprint density at radius 2 is 2.10 bits per heavy atom. The summed E-state index contributed by atoms with van der Waals surface area (Å²) >= 11 is 5.17. The number of carbonyl (C=O) groups is 1. The van der Waals surface area contributed by atoms with Gasteiger partial charge >= 0.3 is 0 Å². The molecule has 1 aliphatic rings. The van der Waals surface area contributed by atoms with Crippen LogP contribution in [0.4, 0.5) is 0 Å². The van der Waals surface area contributed by atoms with E-state index in [0.29, 0.717) is 18.6 Å². The lowest BCUT2D eigenvalue weighted by molar-refractivity contribution is 0.0823. The van der Waals surface area contributed by atoms with Crippen molar-refractivity contribution in [1.82, 2.24) is 9.88 Å². The van der Waals surface area contributed by atoms with Crippen LogP contribution < -0.4 is 0 Å². The van der Waals surface area contributed by atoms with Gasteiger partial charge in [-0.3, -0.25) is 14.7 Å². The van der Waals surface area contributed by atoms with Gasteiger partial charge in [-0.2, -0.15) is 0 Å². The molecule has 0 radical (unpaired) electrons. The Hall–Kier alpha value is -2.27. The molecule has 1 aliphatic heterocycles. The van der Waals surface area contributed by atoms with E-state index in [1.54, 1.807) is 29.4 Å². The number of nitrogens with zero attached hydrogens (tertiary/aromatic N) is 2. The highest BCUT2D eigenvalue weighted by atomic mass is 32.1. The van der Waals surface area contributed by atoms with Crippen LogP contribution in [0, 0.1) is 0 Å². The van der Waals surface area contributed by atoms with Gasteiger partial charge in [-0.25, -0.2) is 0 Å². The van der Waals surface area contributed by atoms with Crippen molar-refractivity contribution >= 4 is 23.3 Å². The second-order valence-electron chi connectivity index (χ2n) is 4.84. The average Bonchev–Trinajstić information content (AvgIpc) is 2.89. The summed E-state index contributed by atoms with van der Waals surface area (Å²) in [7, 11) is 0. The van der Waals surface area contributed by atoms with Gasteiger partial charge in [-0.05, 0) is 36.3 Å². The summed E-state index contributed by atoms with van der Waals surface area (Å²) in [5, 5.41) is 0.241. The van der Waals surface area contributed by atoms with Crippen LogP contribution in [0.5, 0.6) is 0 Å². The molecule has 2 heterocycles. The molecule has 0 bridgehead atoms. The SMILES string of the molecule is O=C(c1cccnc1)N1C(=S)OC[C@@H]1Cc1ccccc1. The van der Waals surface area contributed by atoms with Crippen LogP contribution in [-0.2, 0) is 11.2 Å². The molecule has 3 rings (SSSR count). The number of hydrogen-bond donors (Lipinski definition) is 0. The quantitative estimate of drug-likeness (QED) is 0.816. The predicted molar refractivity (Wildman–Crippen MR) is 82.9 cm³/mol. The third-order valence-corrected chi connectivity index (χ3v) is 3.72. The molecule has 106 valence electrons. The Kier molecular flexibility index (Phi) is 3.92. The van der Waals surface area contributed by atoms with Crippen LogP contribution in [0.1, 0.15) is 15.9 Å². The minimum Gasteiger partial charge on any atom is -0.468 e. The fourth-order valence-electron chi connectivity index (χ4n) is 2.37. The van der Waals surface area contributed by atoms with Gasteiger partial charge in [0.2, 0.25) is 0 Å². The zero-order valence-electron chi connectivity index (χ0n) is 11.3. The van der Waals surface area contributed by atoms with Gasteiger partial charge in [0, 0.05) is 12.4 Å². The van der Waals surface area contributed by atoms with Gasteiger partial charge in [-0.1, -0.05) is 30.3 Å². The van der Waals surface area contributed by atoms with E-state index in [-0.39, 0.29) is 17.1 Å². The molecule has 1 atom stereocenters. The van der Waals surface area contributed by atoms with Crippen LogP contribution in [0.25, 0.3) is 0 Å². The van der Waals surface area contributed by atoms with Gasteiger partial charge in [-0.15, -0.1) is 0 Å². The Morgan fingerprint density at radius 3 is 2.81 bits per heavy atom. The van der Waals surface area contributed by atoms with Crippen molar-refractivity contribution in [3.63, 3.8) is 0 Å². The van der Waals surface area contributed by atoms with E-state index in [2.05, 4.69) is 4.98 Å². The minimum atomic E-state index is -0.161. The fraction of sp³-hybridized carbons (Fsp3) is 0.188. The molecule has 0 unspecified atom stereocenters. The highest BCUT2D eigenvalue weighted by molar-refractivity contribution is 7.80. The van der Waals surface area contributed by atoms with Gasteiger partial charge in [0.05, 0.1) is 11.6 Å². The Morgan fingerprint density at radius 1 is 1.29 bits per heavy atom. The maximum Gasteiger partial charge on any atom is 0.266 e. The molecule has 1 saturated heterocycles. The normalized spacial score (nSPS) is 17.6. The fourth-order valence-corrected chi connectivity index (χ4v) is 2.67. The molecule has 0 saturated carbocycles. The molecule has 5 heteroatoms.